The molecular formula is C18H39N3. The van der Waals surface area contributed by atoms with Crippen LogP contribution in [0, 0.1) is 5.41 Å². The fourth-order valence-corrected chi connectivity index (χ4v) is 3.86. The lowest BCUT2D eigenvalue weighted by Gasteiger charge is -2.41. The third kappa shape index (κ3) is 6.66. The Labute approximate surface area is 133 Å². The Balaban J connectivity index is 2.42. The maximum absolute atomic E-state index is 3.54. The minimum atomic E-state index is 0.589. The van der Waals surface area contributed by atoms with Gasteiger partial charge in [-0.3, -0.25) is 0 Å². The quantitative estimate of drug-likeness (QED) is 0.632. The first-order valence-electron chi connectivity index (χ1n) is 9.35. The fourth-order valence-electron chi connectivity index (χ4n) is 3.86. The van der Waals surface area contributed by atoms with E-state index in [1.54, 1.807) is 0 Å². The highest BCUT2D eigenvalue weighted by molar-refractivity contribution is 4.87. The van der Waals surface area contributed by atoms with Gasteiger partial charge in [0.2, 0.25) is 0 Å². The zero-order chi connectivity index (χ0) is 15.6. The molecule has 0 bridgehead atoms. The summed E-state index contributed by atoms with van der Waals surface area (Å²) in [5, 5.41) is 3.54. The van der Waals surface area contributed by atoms with Gasteiger partial charge in [0.25, 0.3) is 0 Å². The van der Waals surface area contributed by atoms with Crippen LogP contribution in [0.25, 0.3) is 0 Å². The average molecular weight is 298 g/mol. The number of hydrogen-bond donors (Lipinski definition) is 1. The summed E-state index contributed by atoms with van der Waals surface area (Å²) in [6, 6.07) is 0. The van der Waals surface area contributed by atoms with E-state index in [0.29, 0.717) is 5.41 Å². The second-order valence-electron chi connectivity index (χ2n) is 6.75. The van der Waals surface area contributed by atoms with E-state index in [0.717, 1.165) is 0 Å². The normalized spacial score (nSPS) is 18.6. The summed E-state index contributed by atoms with van der Waals surface area (Å²) in [5.74, 6) is 0. The smallest absolute Gasteiger partial charge is 0.00388 e. The van der Waals surface area contributed by atoms with Crippen molar-refractivity contribution in [2.75, 3.05) is 52.4 Å². The monoisotopic (exact) mass is 297 g/mol. The van der Waals surface area contributed by atoms with E-state index in [-0.39, 0.29) is 0 Å². The molecule has 1 rings (SSSR count). The van der Waals surface area contributed by atoms with Crippen molar-refractivity contribution in [1.29, 1.82) is 0 Å². The zero-order valence-electron chi connectivity index (χ0n) is 15.1. The third-order valence-electron chi connectivity index (χ3n) is 5.29. The van der Waals surface area contributed by atoms with E-state index >= 15 is 0 Å². The van der Waals surface area contributed by atoms with Gasteiger partial charge in [-0.15, -0.1) is 0 Å². The van der Waals surface area contributed by atoms with Gasteiger partial charge >= 0.3 is 0 Å². The van der Waals surface area contributed by atoms with Gasteiger partial charge in [-0.25, -0.2) is 0 Å². The summed E-state index contributed by atoms with van der Waals surface area (Å²) in [5.41, 5.74) is 0.589. The van der Waals surface area contributed by atoms with Crippen molar-refractivity contribution in [3.63, 3.8) is 0 Å². The van der Waals surface area contributed by atoms with Crippen LogP contribution in [0.4, 0.5) is 0 Å². The molecule has 0 unspecified atom stereocenters. The van der Waals surface area contributed by atoms with E-state index in [4.69, 9.17) is 0 Å². The second kappa shape index (κ2) is 10.6. The average Bonchev–Trinajstić information content (AvgIpc) is 2.51. The molecule has 0 saturated carbocycles. The molecular weight excluding hydrogens is 258 g/mol. The molecule has 0 aliphatic carbocycles. The first kappa shape index (κ1) is 18.9. The molecule has 3 nitrogen and oxygen atoms in total. The second-order valence-corrected chi connectivity index (χ2v) is 6.75. The van der Waals surface area contributed by atoms with Gasteiger partial charge in [0.05, 0.1) is 0 Å². The predicted molar refractivity (Wildman–Crippen MR) is 94.0 cm³/mol. The lowest BCUT2D eigenvalue weighted by molar-refractivity contribution is 0.101. The van der Waals surface area contributed by atoms with Gasteiger partial charge < -0.3 is 15.1 Å². The van der Waals surface area contributed by atoms with Gasteiger partial charge in [-0.05, 0) is 76.9 Å². The number of piperidine rings is 1. The lowest BCUT2D eigenvalue weighted by Crippen LogP contribution is -2.45. The highest BCUT2D eigenvalue weighted by Crippen LogP contribution is 2.34. The Morgan fingerprint density at radius 3 is 1.95 bits per heavy atom. The number of nitrogens with one attached hydrogen (secondary N) is 1. The molecule has 1 aliphatic heterocycles. The van der Waals surface area contributed by atoms with Crippen LogP contribution in [0.2, 0.25) is 0 Å². The van der Waals surface area contributed by atoms with Gasteiger partial charge in [0.1, 0.15) is 0 Å². The molecule has 0 aromatic carbocycles. The standard InChI is InChI=1S/C18H39N3/c1-5-10-18(11-13-19-14-12-18)17-21(8-4)16-9-15-20(6-2)7-3/h19H,5-17H2,1-4H3. The summed E-state index contributed by atoms with van der Waals surface area (Å²) >= 11 is 0. The zero-order valence-corrected chi connectivity index (χ0v) is 15.1. The van der Waals surface area contributed by atoms with Crippen molar-refractivity contribution >= 4 is 0 Å². The highest BCUT2D eigenvalue weighted by atomic mass is 15.1. The number of rotatable bonds is 11. The SMILES string of the molecule is CCCC1(CN(CC)CCCN(CC)CC)CCNCC1. The van der Waals surface area contributed by atoms with Gasteiger partial charge in [0, 0.05) is 6.54 Å². The molecule has 0 aromatic rings. The molecule has 3 heteroatoms. The van der Waals surface area contributed by atoms with Crippen LogP contribution in [-0.2, 0) is 0 Å². The number of nitrogens with zero attached hydrogens (tertiary/aromatic N) is 2. The Morgan fingerprint density at radius 1 is 0.857 bits per heavy atom. The van der Waals surface area contributed by atoms with E-state index in [2.05, 4.69) is 42.8 Å². The molecule has 0 amide bonds. The molecule has 0 radical (unpaired) electrons. The fraction of sp³-hybridized carbons (Fsp3) is 1.00. The topological polar surface area (TPSA) is 18.5 Å². The molecule has 1 aliphatic rings. The summed E-state index contributed by atoms with van der Waals surface area (Å²) in [4.78, 5) is 5.25. The molecule has 0 spiro atoms. The van der Waals surface area contributed by atoms with Crippen molar-refractivity contribution in [3.8, 4) is 0 Å². The molecule has 1 saturated heterocycles. The first-order chi connectivity index (χ1) is 10.2. The van der Waals surface area contributed by atoms with Crippen molar-refractivity contribution in [1.82, 2.24) is 15.1 Å². The third-order valence-corrected chi connectivity index (χ3v) is 5.29. The van der Waals surface area contributed by atoms with Gasteiger partial charge in [-0.1, -0.05) is 34.1 Å². The minimum absolute atomic E-state index is 0.589. The van der Waals surface area contributed by atoms with Crippen LogP contribution in [-0.4, -0.2) is 62.2 Å². The molecule has 0 atom stereocenters. The molecule has 0 aromatic heterocycles. The molecule has 1 heterocycles. The number of hydrogen-bond acceptors (Lipinski definition) is 3. The van der Waals surface area contributed by atoms with Crippen LogP contribution in [0.3, 0.4) is 0 Å². The summed E-state index contributed by atoms with van der Waals surface area (Å²) in [7, 11) is 0. The Bertz CT molecular complexity index is 239. The Kier molecular flexibility index (Phi) is 9.54. The van der Waals surface area contributed by atoms with Gasteiger partial charge in [0.15, 0.2) is 0 Å². The first-order valence-corrected chi connectivity index (χ1v) is 9.35. The van der Waals surface area contributed by atoms with Crippen molar-refractivity contribution in [2.24, 2.45) is 5.41 Å². The van der Waals surface area contributed by atoms with Crippen LogP contribution in [0.5, 0.6) is 0 Å². The van der Waals surface area contributed by atoms with Crippen LogP contribution in [0.15, 0.2) is 0 Å². The van der Waals surface area contributed by atoms with E-state index in [1.807, 2.05) is 0 Å². The molecule has 21 heavy (non-hydrogen) atoms. The van der Waals surface area contributed by atoms with Crippen molar-refractivity contribution < 1.29 is 0 Å². The van der Waals surface area contributed by atoms with Crippen LogP contribution in [0.1, 0.15) is 59.8 Å². The van der Waals surface area contributed by atoms with Crippen molar-refractivity contribution in [3.05, 3.63) is 0 Å². The lowest BCUT2D eigenvalue weighted by atomic mass is 9.75. The molecule has 1 N–H and O–H groups in total. The maximum atomic E-state index is 3.54. The molecule has 126 valence electrons. The van der Waals surface area contributed by atoms with E-state index in [9.17, 15) is 0 Å². The summed E-state index contributed by atoms with van der Waals surface area (Å²) < 4.78 is 0. The van der Waals surface area contributed by atoms with Crippen LogP contribution < -0.4 is 5.32 Å². The van der Waals surface area contributed by atoms with Crippen molar-refractivity contribution in [2.45, 2.75) is 59.8 Å². The molecule has 1 fully saturated rings. The summed E-state index contributed by atoms with van der Waals surface area (Å²) in [6.07, 6.45) is 6.79. The largest absolute Gasteiger partial charge is 0.317 e. The van der Waals surface area contributed by atoms with Gasteiger partial charge in [-0.2, -0.15) is 0 Å². The highest BCUT2D eigenvalue weighted by Gasteiger charge is 2.32. The Hall–Kier alpha value is -0.120. The summed E-state index contributed by atoms with van der Waals surface area (Å²) in [6.45, 7) is 19.1. The minimum Gasteiger partial charge on any atom is -0.317 e. The maximum Gasteiger partial charge on any atom is 0.00388 e. The Morgan fingerprint density at radius 2 is 1.43 bits per heavy atom. The van der Waals surface area contributed by atoms with E-state index in [1.165, 1.54) is 84.5 Å². The van der Waals surface area contributed by atoms with E-state index < -0.39 is 0 Å². The predicted octanol–water partition coefficient (Wildman–Crippen LogP) is 3.21. The van der Waals surface area contributed by atoms with Crippen LogP contribution >= 0.6 is 0 Å².